The van der Waals surface area contributed by atoms with Gasteiger partial charge in [-0.3, -0.25) is 9.59 Å². The van der Waals surface area contributed by atoms with E-state index in [4.69, 9.17) is 5.73 Å². The Morgan fingerprint density at radius 1 is 1.43 bits per heavy atom. The van der Waals surface area contributed by atoms with Crippen molar-refractivity contribution in [1.82, 2.24) is 10.2 Å². The number of nitrogens with one attached hydrogen (secondary N) is 1. The van der Waals surface area contributed by atoms with Gasteiger partial charge in [-0.15, -0.1) is 11.3 Å². The molecule has 0 bridgehead atoms. The number of nitrogens with two attached hydrogens (primary N) is 1. The Morgan fingerprint density at radius 3 is 2.57 bits per heavy atom. The van der Waals surface area contributed by atoms with Crippen LogP contribution in [0.2, 0.25) is 0 Å². The van der Waals surface area contributed by atoms with Gasteiger partial charge in [0.05, 0.1) is 11.3 Å². The summed E-state index contributed by atoms with van der Waals surface area (Å²) in [4.78, 5) is 28.5. The Balaban J connectivity index is 2.50. The SMILES string of the molecule is CNC(=O)c1c(N2CCC(C)C2)sc(C(=O)N(C)C)c1N. The predicted molar refractivity (Wildman–Crippen MR) is 86.1 cm³/mol. The van der Waals surface area contributed by atoms with Gasteiger partial charge in [0.2, 0.25) is 0 Å². The molecule has 1 aliphatic heterocycles. The van der Waals surface area contributed by atoms with Gasteiger partial charge >= 0.3 is 0 Å². The second kappa shape index (κ2) is 5.93. The van der Waals surface area contributed by atoms with Gasteiger partial charge in [0.15, 0.2) is 0 Å². The minimum Gasteiger partial charge on any atom is -0.397 e. The van der Waals surface area contributed by atoms with Crippen LogP contribution in [0.15, 0.2) is 0 Å². The maximum Gasteiger partial charge on any atom is 0.265 e. The number of carbonyl (C=O) groups excluding carboxylic acids is 2. The van der Waals surface area contributed by atoms with E-state index in [2.05, 4.69) is 17.1 Å². The molecule has 0 aromatic carbocycles. The number of anilines is 2. The van der Waals surface area contributed by atoms with Crippen LogP contribution >= 0.6 is 11.3 Å². The molecule has 0 radical (unpaired) electrons. The summed E-state index contributed by atoms with van der Waals surface area (Å²) < 4.78 is 0. The summed E-state index contributed by atoms with van der Waals surface area (Å²) in [6.07, 6.45) is 1.09. The van der Waals surface area contributed by atoms with Gasteiger partial charge < -0.3 is 20.9 Å². The molecule has 0 aliphatic carbocycles. The molecule has 1 aromatic heterocycles. The minimum atomic E-state index is -0.240. The Kier molecular flexibility index (Phi) is 4.41. The molecule has 2 heterocycles. The first kappa shape index (κ1) is 15.6. The molecular formula is C14H22N4O2S. The van der Waals surface area contributed by atoms with Crippen molar-refractivity contribution in [2.75, 3.05) is 44.9 Å². The van der Waals surface area contributed by atoms with Crippen LogP contribution in [0.25, 0.3) is 0 Å². The summed E-state index contributed by atoms with van der Waals surface area (Å²) in [6.45, 7) is 3.96. The van der Waals surface area contributed by atoms with Gasteiger partial charge in [-0.1, -0.05) is 6.92 Å². The topological polar surface area (TPSA) is 78.7 Å². The molecule has 116 valence electrons. The van der Waals surface area contributed by atoms with E-state index in [0.29, 0.717) is 16.4 Å². The lowest BCUT2D eigenvalue weighted by atomic mass is 10.2. The number of hydrogen-bond acceptors (Lipinski definition) is 5. The lowest BCUT2D eigenvalue weighted by molar-refractivity contribution is 0.0833. The molecule has 1 fully saturated rings. The first-order chi connectivity index (χ1) is 9.86. The number of thiophene rings is 1. The summed E-state index contributed by atoms with van der Waals surface area (Å²) in [5.41, 5.74) is 6.81. The molecule has 0 saturated carbocycles. The van der Waals surface area contributed by atoms with Crippen molar-refractivity contribution >= 4 is 33.8 Å². The highest BCUT2D eigenvalue weighted by Gasteiger charge is 2.31. The second-order valence-corrected chi connectivity index (χ2v) is 6.64. The largest absolute Gasteiger partial charge is 0.397 e. The average molecular weight is 310 g/mol. The van der Waals surface area contributed by atoms with Crippen LogP contribution in [-0.4, -0.2) is 50.9 Å². The van der Waals surface area contributed by atoms with E-state index in [1.54, 1.807) is 21.1 Å². The van der Waals surface area contributed by atoms with Gasteiger partial charge in [-0.25, -0.2) is 0 Å². The molecule has 1 saturated heterocycles. The Bertz CT molecular complexity index is 568. The van der Waals surface area contributed by atoms with Crippen molar-refractivity contribution in [1.29, 1.82) is 0 Å². The number of amides is 2. The lowest BCUT2D eigenvalue weighted by Crippen LogP contribution is -2.25. The molecule has 1 aliphatic rings. The van der Waals surface area contributed by atoms with E-state index in [-0.39, 0.29) is 17.5 Å². The lowest BCUT2D eigenvalue weighted by Gasteiger charge is -2.17. The zero-order valence-corrected chi connectivity index (χ0v) is 13.7. The average Bonchev–Trinajstić information content (AvgIpc) is 3.00. The Hall–Kier alpha value is -1.76. The molecular weight excluding hydrogens is 288 g/mol. The fourth-order valence-electron chi connectivity index (χ4n) is 2.48. The number of nitrogen functional groups attached to an aromatic ring is 1. The third kappa shape index (κ3) is 2.83. The van der Waals surface area contributed by atoms with E-state index >= 15 is 0 Å². The highest BCUT2D eigenvalue weighted by atomic mass is 32.1. The van der Waals surface area contributed by atoms with Crippen LogP contribution in [-0.2, 0) is 0 Å². The normalized spacial score (nSPS) is 17.9. The van der Waals surface area contributed by atoms with Crippen molar-refractivity contribution < 1.29 is 9.59 Å². The third-order valence-corrected chi connectivity index (χ3v) is 4.95. The quantitative estimate of drug-likeness (QED) is 0.880. The van der Waals surface area contributed by atoms with Gasteiger partial charge in [0.1, 0.15) is 9.88 Å². The van der Waals surface area contributed by atoms with Crippen LogP contribution in [0, 0.1) is 5.92 Å². The first-order valence-electron chi connectivity index (χ1n) is 6.97. The van der Waals surface area contributed by atoms with E-state index in [0.717, 1.165) is 24.5 Å². The predicted octanol–water partition coefficient (Wildman–Crippen LogP) is 1.24. The fourth-order valence-corrected chi connectivity index (χ4v) is 3.75. The minimum absolute atomic E-state index is 0.166. The van der Waals surface area contributed by atoms with E-state index in [9.17, 15) is 9.59 Å². The maximum absolute atomic E-state index is 12.2. The van der Waals surface area contributed by atoms with Gasteiger partial charge in [-0.2, -0.15) is 0 Å². The summed E-state index contributed by atoms with van der Waals surface area (Å²) in [6, 6.07) is 0. The highest BCUT2D eigenvalue weighted by Crippen LogP contribution is 2.40. The molecule has 7 heteroatoms. The molecule has 1 atom stereocenters. The molecule has 21 heavy (non-hydrogen) atoms. The van der Waals surface area contributed by atoms with Crippen molar-refractivity contribution in [2.45, 2.75) is 13.3 Å². The molecule has 6 nitrogen and oxygen atoms in total. The van der Waals surface area contributed by atoms with Gasteiger partial charge in [-0.05, 0) is 12.3 Å². The number of nitrogens with zero attached hydrogens (tertiary/aromatic N) is 2. The molecule has 3 N–H and O–H groups in total. The van der Waals surface area contributed by atoms with Gasteiger partial charge in [0, 0.05) is 34.2 Å². The van der Waals surface area contributed by atoms with Crippen LogP contribution in [0.4, 0.5) is 10.7 Å². The van der Waals surface area contributed by atoms with Crippen molar-refractivity contribution in [2.24, 2.45) is 5.92 Å². The van der Waals surface area contributed by atoms with E-state index in [1.807, 2.05) is 0 Å². The summed E-state index contributed by atoms with van der Waals surface area (Å²) in [5.74, 6) is 0.177. The molecule has 0 spiro atoms. The Morgan fingerprint density at radius 2 is 2.10 bits per heavy atom. The standard InChI is InChI=1S/C14H22N4O2S/c1-8-5-6-18(7-8)14-9(12(19)16-2)10(15)11(21-14)13(20)17(3)4/h8H,5-7,15H2,1-4H3,(H,16,19). The van der Waals surface area contributed by atoms with Crippen molar-refractivity contribution in [3.05, 3.63) is 10.4 Å². The van der Waals surface area contributed by atoms with Gasteiger partial charge in [0.25, 0.3) is 11.8 Å². The second-order valence-electron chi connectivity index (χ2n) is 5.64. The first-order valence-corrected chi connectivity index (χ1v) is 7.79. The number of rotatable bonds is 3. The Labute approximate surface area is 128 Å². The summed E-state index contributed by atoms with van der Waals surface area (Å²) >= 11 is 1.31. The monoisotopic (exact) mass is 310 g/mol. The maximum atomic E-state index is 12.2. The smallest absolute Gasteiger partial charge is 0.265 e. The fraction of sp³-hybridized carbons (Fsp3) is 0.571. The third-order valence-electron chi connectivity index (χ3n) is 3.69. The van der Waals surface area contributed by atoms with E-state index in [1.165, 1.54) is 16.2 Å². The summed E-state index contributed by atoms with van der Waals surface area (Å²) in [7, 11) is 4.93. The van der Waals surface area contributed by atoms with Crippen molar-refractivity contribution in [3.63, 3.8) is 0 Å². The van der Waals surface area contributed by atoms with Crippen LogP contribution in [0.5, 0.6) is 0 Å². The van der Waals surface area contributed by atoms with Crippen LogP contribution in [0.3, 0.4) is 0 Å². The number of hydrogen-bond donors (Lipinski definition) is 2. The van der Waals surface area contributed by atoms with Crippen molar-refractivity contribution in [3.8, 4) is 0 Å². The molecule has 1 aromatic rings. The zero-order valence-electron chi connectivity index (χ0n) is 12.9. The molecule has 2 rings (SSSR count). The van der Waals surface area contributed by atoms with Crippen LogP contribution < -0.4 is 16.0 Å². The van der Waals surface area contributed by atoms with E-state index < -0.39 is 0 Å². The summed E-state index contributed by atoms with van der Waals surface area (Å²) in [5, 5.41) is 3.42. The molecule has 2 amide bonds. The van der Waals surface area contributed by atoms with Crippen LogP contribution in [0.1, 0.15) is 33.4 Å². The molecule has 1 unspecified atom stereocenters. The zero-order chi connectivity index (χ0) is 15.7. The highest BCUT2D eigenvalue weighted by molar-refractivity contribution is 7.19. The number of carbonyl (C=O) groups is 2.